The fourth-order valence-electron chi connectivity index (χ4n) is 8.42. The minimum Gasteiger partial charge on any atom is -0.421 e. The molecule has 62 heavy (non-hydrogen) atoms. The van der Waals surface area contributed by atoms with E-state index >= 15 is 0 Å². The van der Waals surface area contributed by atoms with E-state index in [2.05, 4.69) is 127 Å². The van der Waals surface area contributed by atoms with Gasteiger partial charge in [-0.05, 0) is 48.5 Å². The summed E-state index contributed by atoms with van der Waals surface area (Å²) >= 11 is 0. The summed E-state index contributed by atoms with van der Waals surface area (Å²) in [6.07, 6.45) is 1.85. The molecule has 12 heteroatoms. The first-order valence-electron chi connectivity index (χ1n) is 21.4. The van der Waals surface area contributed by atoms with Crippen LogP contribution in [0.15, 0.2) is 155 Å². The average molecular weight is 821 g/mol. The topological polar surface area (TPSA) is 113 Å². The number of pyridine rings is 3. The van der Waals surface area contributed by atoms with Gasteiger partial charge in [0.1, 0.15) is 5.58 Å². The van der Waals surface area contributed by atoms with Crippen molar-refractivity contribution in [2.24, 2.45) is 0 Å². The predicted molar refractivity (Wildman–Crippen MR) is 244 cm³/mol. The van der Waals surface area contributed by atoms with Crippen molar-refractivity contribution in [1.82, 2.24) is 49.5 Å². The zero-order chi connectivity index (χ0) is 41.7. The van der Waals surface area contributed by atoms with Gasteiger partial charge in [0.25, 0.3) is 0 Å². The third-order valence-corrected chi connectivity index (χ3v) is 11.9. The molecule has 0 atom stereocenters. The van der Waals surface area contributed by atoms with Crippen LogP contribution >= 0.6 is 0 Å². The zero-order valence-corrected chi connectivity index (χ0v) is 34.6. The second-order valence-corrected chi connectivity index (χ2v) is 16.2. The van der Waals surface area contributed by atoms with Gasteiger partial charge in [-0.1, -0.05) is 96.2 Å². The van der Waals surface area contributed by atoms with Crippen LogP contribution in [0, 0.1) is 0 Å². The Morgan fingerprint density at radius 3 is 1.27 bits per heavy atom. The van der Waals surface area contributed by atoms with Gasteiger partial charge in [0.15, 0.2) is 5.69 Å². The van der Waals surface area contributed by atoms with Crippen LogP contribution in [0.1, 0.15) is 22.8 Å². The number of fused-ring (bicyclic) bond motifs is 4. The Labute approximate surface area is 359 Å². The summed E-state index contributed by atoms with van der Waals surface area (Å²) in [4.78, 5) is 38.4. The van der Waals surface area contributed by atoms with Gasteiger partial charge >= 0.3 is 5.63 Å². The fourth-order valence-corrected chi connectivity index (χ4v) is 8.42. The summed E-state index contributed by atoms with van der Waals surface area (Å²) < 4.78 is 7.17. The first-order chi connectivity index (χ1) is 30.5. The van der Waals surface area contributed by atoms with Crippen molar-refractivity contribution < 1.29 is 4.42 Å². The Morgan fingerprint density at radius 1 is 0.435 bits per heavy atom. The summed E-state index contributed by atoms with van der Waals surface area (Å²) in [7, 11) is 0. The molecule has 0 aliphatic carbocycles. The van der Waals surface area contributed by atoms with Crippen molar-refractivity contribution in [2.75, 3.05) is 52.4 Å². The van der Waals surface area contributed by atoms with Crippen LogP contribution in [-0.4, -0.2) is 102 Å². The molecule has 1 saturated heterocycles. The molecule has 1 aliphatic heterocycles. The molecule has 0 unspecified atom stereocenters. The largest absolute Gasteiger partial charge is 0.421 e. The Morgan fingerprint density at radius 2 is 0.823 bits per heavy atom. The maximum Gasteiger partial charge on any atom is 0.362 e. The number of para-hydroxylation sites is 4. The summed E-state index contributed by atoms with van der Waals surface area (Å²) in [5.74, 6) is 0. The third-order valence-electron chi connectivity index (χ3n) is 11.9. The molecule has 9 aromatic rings. The zero-order valence-electron chi connectivity index (χ0n) is 34.6. The van der Waals surface area contributed by atoms with E-state index in [1.165, 1.54) is 0 Å². The highest BCUT2D eigenvalue weighted by atomic mass is 16.4. The number of aromatic nitrogens is 6. The molecule has 0 bridgehead atoms. The minimum absolute atomic E-state index is 0.336. The van der Waals surface area contributed by atoms with E-state index in [-0.39, 0.29) is 0 Å². The second kappa shape index (κ2) is 18.1. The van der Waals surface area contributed by atoms with Crippen LogP contribution in [0.25, 0.3) is 49.4 Å². The van der Waals surface area contributed by atoms with Crippen molar-refractivity contribution in [2.45, 2.75) is 26.2 Å². The van der Waals surface area contributed by atoms with Gasteiger partial charge in [-0.3, -0.25) is 34.6 Å². The Hall–Kier alpha value is -6.70. The molecule has 0 N–H and O–H groups in total. The molecular formula is C50H48N10O2. The highest BCUT2D eigenvalue weighted by Crippen LogP contribution is 2.19. The van der Waals surface area contributed by atoms with E-state index in [0.717, 1.165) is 133 Å². The first kappa shape index (κ1) is 39.4. The maximum atomic E-state index is 13.0. The number of nitrogens with zero attached hydrogens (tertiary/aromatic N) is 10. The quantitative estimate of drug-likeness (QED) is 0.136. The molecule has 0 radical (unpaired) electrons. The maximum absolute atomic E-state index is 13.0. The number of benzene rings is 4. The minimum atomic E-state index is -0.451. The van der Waals surface area contributed by atoms with Crippen LogP contribution in [0.2, 0.25) is 0 Å². The molecule has 4 aromatic carbocycles. The van der Waals surface area contributed by atoms with Gasteiger partial charge in [-0.15, -0.1) is 5.10 Å². The fraction of sp³-hybridized carbons (Fsp3) is 0.240. The Kier molecular flexibility index (Phi) is 11.5. The van der Waals surface area contributed by atoms with Crippen LogP contribution < -0.4 is 5.63 Å². The summed E-state index contributed by atoms with van der Waals surface area (Å²) in [5, 5.41) is 13.2. The molecule has 6 heterocycles. The van der Waals surface area contributed by atoms with Crippen LogP contribution in [0.3, 0.4) is 0 Å². The van der Waals surface area contributed by atoms with Crippen LogP contribution in [0.4, 0.5) is 0 Å². The van der Waals surface area contributed by atoms with Gasteiger partial charge in [-0.2, -0.15) is 0 Å². The third kappa shape index (κ3) is 9.29. The van der Waals surface area contributed by atoms with Gasteiger partial charge in [0.2, 0.25) is 0 Å². The average Bonchev–Trinajstić information content (AvgIpc) is 3.77. The lowest BCUT2D eigenvalue weighted by atomic mass is 10.2. The molecular weight excluding hydrogens is 773 g/mol. The standard InChI is InChI=1S/C50H48N10O2/c61-50-48(31-40-12-4-8-16-49(40)62-50)60-36-44(54-55-60)35-59-29-27-57(33-42-21-18-38-10-2-6-14-46(38)52-42)25-23-56(32-41-20-17-37-9-1-5-13-45(37)51-41)24-26-58(28-30-59)34-43-22-19-39-11-3-7-15-47(39)53-43/h1-22,31,36H,23-30,32-35H2. The monoisotopic (exact) mass is 820 g/mol. The van der Waals surface area contributed by atoms with E-state index in [1.54, 1.807) is 10.7 Å². The summed E-state index contributed by atoms with van der Waals surface area (Å²) in [5.41, 5.74) is 7.42. The SMILES string of the molecule is O=c1oc2ccccc2cc1-n1cc(CN2CCN(Cc3ccc4ccccc4n3)CCN(Cc3ccc4ccccc4n3)CCN(Cc3ccc4ccccc4n3)CC2)nn1. The Bertz CT molecular complexity index is 2940. The van der Waals surface area contributed by atoms with E-state index in [4.69, 9.17) is 19.4 Å². The summed E-state index contributed by atoms with van der Waals surface area (Å²) in [6.45, 7) is 9.49. The lowest BCUT2D eigenvalue weighted by Gasteiger charge is -2.34. The lowest BCUT2D eigenvalue weighted by Crippen LogP contribution is -2.45. The van der Waals surface area contributed by atoms with E-state index < -0.39 is 5.63 Å². The number of rotatable bonds is 9. The molecule has 0 saturated carbocycles. The number of hydrogen-bond acceptors (Lipinski definition) is 11. The normalized spacial score (nSPS) is 15.6. The van der Waals surface area contributed by atoms with Crippen LogP contribution in [0.5, 0.6) is 0 Å². The van der Waals surface area contributed by atoms with E-state index in [9.17, 15) is 4.79 Å². The van der Waals surface area contributed by atoms with E-state index in [0.29, 0.717) is 17.8 Å². The van der Waals surface area contributed by atoms with Gasteiger partial charge in [0, 0.05) is 100 Å². The second-order valence-electron chi connectivity index (χ2n) is 16.2. The molecule has 12 nitrogen and oxygen atoms in total. The van der Waals surface area contributed by atoms with Crippen molar-refractivity contribution in [1.29, 1.82) is 0 Å². The molecule has 5 aromatic heterocycles. The Balaban J connectivity index is 0.936. The smallest absolute Gasteiger partial charge is 0.362 e. The molecule has 310 valence electrons. The molecule has 10 rings (SSSR count). The van der Waals surface area contributed by atoms with Crippen molar-refractivity contribution in [3.63, 3.8) is 0 Å². The lowest BCUT2D eigenvalue weighted by molar-refractivity contribution is 0.120. The van der Waals surface area contributed by atoms with Gasteiger partial charge in [-0.25, -0.2) is 9.48 Å². The molecule has 1 aliphatic rings. The predicted octanol–water partition coefficient (Wildman–Crippen LogP) is 7.34. The van der Waals surface area contributed by atoms with Gasteiger partial charge < -0.3 is 4.42 Å². The van der Waals surface area contributed by atoms with E-state index in [1.807, 2.05) is 42.6 Å². The van der Waals surface area contributed by atoms with Crippen molar-refractivity contribution in [3.8, 4) is 5.69 Å². The van der Waals surface area contributed by atoms with Crippen molar-refractivity contribution in [3.05, 3.63) is 179 Å². The summed E-state index contributed by atoms with van der Waals surface area (Å²) in [6, 6.07) is 47.3. The van der Waals surface area contributed by atoms with Gasteiger partial charge in [0.05, 0.1) is 45.5 Å². The van der Waals surface area contributed by atoms with Crippen LogP contribution in [-0.2, 0) is 26.2 Å². The molecule has 0 spiro atoms. The highest BCUT2D eigenvalue weighted by molar-refractivity contribution is 5.80. The molecule has 1 fully saturated rings. The van der Waals surface area contributed by atoms with Crippen molar-refractivity contribution >= 4 is 43.7 Å². The highest BCUT2D eigenvalue weighted by Gasteiger charge is 2.20. The first-order valence-corrected chi connectivity index (χ1v) is 21.4. The molecule has 0 amide bonds. The number of hydrogen-bond donors (Lipinski definition) is 0.